The van der Waals surface area contributed by atoms with Crippen LogP contribution in [0.1, 0.15) is 30.6 Å². The Hall–Kier alpha value is -1.20. The topological polar surface area (TPSA) is 38.1 Å². The molecule has 2 rings (SSSR count). The number of hydrogen-bond acceptors (Lipinski definition) is 2. The highest BCUT2D eigenvalue weighted by atomic mass is 79.9. The minimum atomic E-state index is -0.488. The molecule has 0 aliphatic carbocycles. The average Bonchev–Trinajstić information content (AvgIpc) is 2.75. The number of aromatic nitrogens is 2. The summed E-state index contributed by atoms with van der Waals surface area (Å²) >= 11 is 3.26. The van der Waals surface area contributed by atoms with E-state index in [2.05, 4.69) is 21.0 Å². The van der Waals surface area contributed by atoms with Crippen LogP contribution in [0.15, 0.2) is 35.1 Å². The molecular formula is C13H14BrFN2O. The van der Waals surface area contributed by atoms with Crippen molar-refractivity contribution in [2.24, 2.45) is 0 Å². The Morgan fingerprint density at radius 3 is 2.89 bits per heavy atom. The first-order valence-electron chi connectivity index (χ1n) is 5.74. The van der Waals surface area contributed by atoms with E-state index in [-0.39, 0.29) is 5.82 Å². The molecule has 0 saturated heterocycles. The van der Waals surface area contributed by atoms with Gasteiger partial charge >= 0.3 is 0 Å². The second kappa shape index (κ2) is 5.63. The molecule has 0 amide bonds. The second-order valence-corrected chi connectivity index (χ2v) is 5.09. The molecule has 1 heterocycles. The van der Waals surface area contributed by atoms with Gasteiger partial charge in [0.25, 0.3) is 0 Å². The van der Waals surface area contributed by atoms with Gasteiger partial charge in [-0.15, -0.1) is 0 Å². The highest BCUT2D eigenvalue weighted by Crippen LogP contribution is 2.18. The summed E-state index contributed by atoms with van der Waals surface area (Å²) in [6, 6.07) is 4.74. The van der Waals surface area contributed by atoms with Crippen molar-refractivity contribution in [2.45, 2.75) is 26.0 Å². The molecule has 96 valence electrons. The fraction of sp³-hybridized carbons (Fsp3) is 0.308. The van der Waals surface area contributed by atoms with E-state index in [0.29, 0.717) is 17.4 Å². The Morgan fingerprint density at radius 2 is 2.22 bits per heavy atom. The van der Waals surface area contributed by atoms with E-state index in [9.17, 15) is 9.50 Å². The maximum atomic E-state index is 13.2. The summed E-state index contributed by atoms with van der Waals surface area (Å²) in [6.07, 6.45) is 3.59. The maximum Gasteiger partial charge on any atom is 0.124 e. The summed E-state index contributed by atoms with van der Waals surface area (Å²) < 4.78 is 15.6. The molecule has 0 aliphatic rings. The van der Waals surface area contributed by atoms with Gasteiger partial charge in [0.05, 0.1) is 18.8 Å². The van der Waals surface area contributed by atoms with Crippen molar-refractivity contribution in [1.29, 1.82) is 0 Å². The molecule has 0 radical (unpaired) electrons. The average molecular weight is 313 g/mol. The molecule has 0 fully saturated rings. The van der Waals surface area contributed by atoms with Crippen LogP contribution in [0, 0.1) is 5.82 Å². The van der Waals surface area contributed by atoms with E-state index in [4.69, 9.17) is 0 Å². The maximum absolute atomic E-state index is 13.2. The molecule has 0 saturated carbocycles. The van der Waals surface area contributed by atoms with Crippen LogP contribution < -0.4 is 0 Å². The van der Waals surface area contributed by atoms with Crippen LogP contribution in [0.25, 0.3) is 0 Å². The molecule has 1 N–H and O–H groups in total. The Morgan fingerprint density at radius 1 is 1.44 bits per heavy atom. The fourth-order valence-electron chi connectivity index (χ4n) is 1.76. The number of rotatable bonds is 4. The van der Waals surface area contributed by atoms with Crippen molar-refractivity contribution in [2.75, 3.05) is 0 Å². The fourth-order valence-corrected chi connectivity index (χ4v) is 2.28. The van der Waals surface area contributed by atoms with Gasteiger partial charge in [-0.1, -0.05) is 22.9 Å². The van der Waals surface area contributed by atoms with Crippen LogP contribution in [0.4, 0.5) is 4.39 Å². The summed E-state index contributed by atoms with van der Waals surface area (Å²) in [5.41, 5.74) is 1.61. The van der Waals surface area contributed by atoms with Crippen molar-refractivity contribution in [3.05, 3.63) is 52.0 Å². The summed E-state index contributed by atoms with van der Waals surface area (Å²) in [7, 11) is 0. The van der Waals surface area contributed by atoms with Crippen LogP contribution in [0.5, 0.6) is 0 Å². The molecule has 3 nitrogen and oxygen atoms in total. The lowest BCUT2D eigenvalue weighted by molar-refractivity contribution is 0.173. The quantitative estimate of drug-likeness (QED) is 0.941. The normalized spacial score (nSPS) is 12.7. The van der Waals surface area contributed by atoms with Crippen molar-refractivity contribution in [3.63, 3.8) is 0 Å². The third-order valence-electron chi connectivity index (χ3n) is 2.69. The van der Waals surface area contributed by atoms with Crippen molar-refractivity contribution in [3.8, 4) is 0 Å². The zero-order valence-corrected chi connectivity index (χ0v) is 11.6. The van der Waals surface area contributed by atoms with Gasteiger partial charge in [-0.2, -0.15) is 5.10 Å². The van der Waals surface area contributed by atoms with Gasteiger partial charge in [-0.05, 0) is 30.2 Å². The van der Waals surface area contributed by atoms with E-state index < -0.39 is 6.10 Å². The molecule has 0 bridgehead atoms. The minimum absolute atomic E-state index is 0.277. The standard InChI is InChI=1S/C13H14BrFN2O/c1-2-13(18)10-6-16-17(8-10)7-9-3-11(14)5-12(15)4-9/h3-6,8,13,18H,2,7H2,1H3. The lowest BCUT2D eigenvalue weighted by atomic mass is 10.1. The molecule has 2 aromatic rings. The van der Waals surface area contributed by atoms with Gasteiger partial charge in [0.1, 0.15) is 5.82 Å². The van der Waals surface area contributed by atoms with Crippen LogP contribution in [-0.2, 0) is 6.54 Å². The number of halogens is 2. The SMILES string of the molecule is CCC(O)c1cnn(Cc2cc(F)cc(Br)c2)c1. The van der Waals surface area contributed by atoms with E-state index in [1.165, 1.54) is 12.1 Å². The van der Waals surface area contributed by atoms with Gasteiger partial charge in [-0.3, -0.25) is 4.68 Å². The van der Waals surface area contributed by atoms with Crippen molar-refractivity contribution in [1.82, 2.24) is 9.78 Å². The van der Waals surface area contributed by atoms with Crippen LogP contribution >= 0.6 is 15.9 Å². The molecule has 1 unspecified atom stereocenters. The third-order valence-corrected chi connectivity index (χ3v) is 3.15. The van der Waals surface area contributed by atoms with Crippen LogP contribution in [0.2, 0.25) is 0 Å². The van der Waals surface area contributed by atoms with E-state index in [1.807, 2.05) is 13.0 Å². The molecule has 0 aliphatic heterocycles. The third kappa shape index (κ3) is 3.17. The lowest BCUT2D eigenvalue weighted by Gasteiger charge is -2.04. The number of benzene rings is 1. The largest absolute Gasteiger partial charge is 0.388 e. The number of aliphatic hydroxyl groups excluding tert-OH is 1. The van der Waals surface area contributed by atoms with Gasteiger partial charge in [0.2, 0.25) is 0 Å². The van der Waals surface area contributed by atoms with Crippen molar-refractivity contribution < 1.29 is 9.50 Å². The van der Waals surface area contributed by atoms with Gasteiger partial charge in [0, 0.05) is 16.2 Å². The summed E-state index contributed by atoms with van der Waals surface area (Å²) in [5, 5.41) is 13.8. The van der Waals surface area contributed by atoms with Gasteiger partial charge in [0.15, 0.2) is 0 Å². The lowest BCUT2D eigenvalue weighted by Crippen LogP contribution is -2.00. The zero-order chi connectivity index (χ0) is 13.1. The first-order valence-corrected chi connectivity index (χ1v) is 6.53. The Labute approximate surface area is 113 Å². The number of hydrogen-bond donors (Lipinski definition) is 1. The Kier molecular flexibility index (Phi) is 4.14. The molecular weight excluding hydrogens is 299 g/mol. The number of aliphatic hydroxyl groups is 1. The number of nitrogens with zero attached hydrogens (tertiary/aromatic N) is 2. The monoisotopic (exact) mass is 312 g/mol. The molecule has 18 heavy (non-hydrogen) atoms. The smallest absolute Gasteiger partial charge is 0.124 e. The zero-order valence-electron chi connectivity index (χ0n) is 9.98. The van der Waals surface area contributed by atoms with Crippen molar-refractivity contribution >= 4 is 15.9 Å². The predicted octanol–water partition coefficient (Wildman–Crippen LogP) is 3.28. The molecule has 5 heteroatoms. The molecule has 1 aromatic heterocycles. The summed E-state index contributed by atoms with van der Waals surface area (Å²) in [5.74, 6) is -0.277. The molecule has 1 aromatic carbocycles. The molecule has 1 atom stereocenters. The predicted molar refractivity (Wildman–Crippen MR) is 70.7 cm³/mol. The summed E-state index contributed by atoms with van der Waals surface area (Å²) in [6.45, 7) is 2.39. The van der Waals surface area contributed by atoms with E-state index in [0.717, 1.165) is 11.1 Å². The second-order valence-electron chi connectivity index (χ2n) is 4.17. The first-order chi connectivity index (χ1) is 8.58. The highest BCUT2D eigenvalue weighted by molar-refractivity contribution is 9.10. The van der Waals surface area contributed by atoms with Gasteiger partial charge < -0.3 is 5.11 Å². The Bertz CT molecular complexity index is 521. The van der Waals surface area contributed by atoms with Crippen LogP contribution in [0.3, 0.4) is 0 Å². The van der Waals surface area contributed by atoms with E-state index in [1.54, 1.807) is 17.1 Å². The summed E-state index contributed by atoms with van der Waals surface area (Å²) in [4.78, 5) is 0. The van der Waals surface area contributed by atoms with Crippen LogP contribution in [-0.4, -0.2) is 14.9 Å². The molecule has 0 spiro atoms. The first kappa shape index (κ1) is 13.2. The van der Waals surface area contributed by atoms with E-state index >= 15 is 0 Å². The Balaban J connectivity index is 2.16. The minimum Gasteiger partial charge on any atom is -0.388 e. The highest BCUT2D eigenvalue weighted by Gasteiger charge is 2.08. The van der Waals surface area contributed by atoms with Gasteiger partial charge in [-0.25, -0.2) is 4.39 Å².